The molecule has 192 valence electrons. The Hall–Kier alpha value is -3.65. The van der Waals surface area contributed by atoms with Gasteiger partial charge in [0.2, 0.25) is 0 Å². The molecule has 1 unspecified atom stereocenters. The minimum absolute atomic E-state index is 0.0521. The highest BCUT2D eigenvalue weighted by Gasteiger charge is 2.46. The molecule has 2 aromatic rings. The highest BCUT2D eigenvalue weighted by molar-refractivity contribution is 6.46. The standard InChI is InChI=1S/C28H35N3O5/c1-5-18-36-22-11-10-21(19-23(22)35-8-4)25-24(26(32)20-12-14-29-15-13-20)27(33)28(34)31(25)17-9-16-30(6-2)7-3/h5,10-15,19,25,32H,1,6-9,16-18H2,2-4H3/b26-24+. The zero-order chi connectivity index (χ0) is 26.1. The van der Waals surface area contributed by atoms with Gasteiger partial charge in [0, 0.05) is 24.5 Å². The first-order valence-electron chi connectivity index (χ1n) is 12.4. The Morgan fingerprint density at radius 2 is 1.83 bits per heavy atom. The quantitative estimate of drug-likeness (QED) is 0.194. The van der Waals surface area contributed by atoms with Crippen molar-refractivity contribution in [3.8, 4) is 11.5 Å². The molecule has 1 amide bonds. The second kappa shape index (κ2) is 12.9. The molecule has 1 aromatic carbocycles. The second-order valence-corrected chi connectivity index (χ2v) is 8.35. The van der Waals surface area contributed by atoms with Gasteiger partial charge in [-0.1, -0.05) is 32.6 Å². The molecular formula is C28H35N3O5. The number of carbonyl (C=O) groups is 2. The van der Waals surface area contributed by atoms with E-state index in [1.54, 1.807) is 41.3 Å². The summed E-state index contributed by atoms with van der Waals surface area (Å²) in [6, 6.07) is 7.79. The van der Waals surface area contributed by atoms with E-state index in [4.69, 9.17) is 9.47 Å². The predicted molar refractivity (Wildman–Crippen MR) is 139 cm³/mol. The number of pyridine rings is 1. The summed E-state index contributed by atoms with van der Waals surface area (Å²) in [5.74, 6) is -0.526. The number of Topliss-reactive ketones (excluding diaryl/α,β-unsaturated/α-hetero) is 1. The molecule has 0 saturated carbocycles. The van der Waals surface area contributed by atoms with Crippen molar-refractivity contribution in [2.75, 3.05) is 39.4 Å². The van der Waals surface area contributed by atoms with E-state index in [0.717, 1.165) is 19.6 Å². The number of likely N-dealkylation sites (tertiary alicyclic amines) is 1. The molecule has 8 heteroatoms. The summed E-state index contributed by atoms with van der Waals surface area (Å²) < 4.78 is 11.5. The van der Waals surface area contributed by atoms with E-state index in [2.05, 4.69) is 30.3 Å². The van der Waals surface area contributed by atoms with Crippen LogP contribution in [0.25, 0.3) is 5.76 Å². The molecule has 0 bridgehead atoms. The Morgan fingerprint density at radius 3 is 2.47 bits per heavy atom. The molecule has 36 heavy (non-hydrogen) atoms. The van der Waals surface area contributed by atoms with Crippen molar-refractivity contribution in [2.24, 2.45) is 0 Å². The van der Waals surface area contributed by atoms with E-state index in [9.17, 15) is 14.7 Å². The smallest absolute Gasteiger partial charge is 0.295 e. The lowest BCUT2D eigenvalue weighted by molar-refractivity contribution is -0.140. The van der Waals surface area contributed by atoms with Gasteiger partial charge in [-0.15, -0.1) is 0 Å². The fourth-order valence-corrected chi connectivity index (χ4v) is 4.36. The van der Waals surface area contributed by atoms with Gasteiger partial charge in [-0.05, 0) is 62.8 Å². The molecule has 0 radical (unpaired) electrons. The van der Waals surface area contributed by atoms with E-state index in [-0.39, 0.29) is 11.3 Å². The number of hydrogen-bond acceptors (Lipinski definition) is 7. The van der Waals surface area contributed by atoms with Gasteiger partial charge in [-0.25, -0.2) is 0 Å². The third-order valence-corrected chi connectivity index (χ3v) is 6.20. The van der Waals surface area contributed by atoms with Gasteiger partial charge in [-0.3, -0.25) is 14.6 Å². The molecule has 8 nitrogen and oxygen atoms in total. The number of nitrogens with zero attached hydrogens (tertiary/aromatic N) is 3. The van der Waals surface area contributed by atoms with Crippen LogP contribution in [0.2, 0.25) is 0 Å². The largest absolute Gasteiger partial charge is 0.507 e. The SMILES string of the molecule is C=CCOc1ccc(C2/C(=C(\O)c3ccncc3)C(=O)C(=O)N2CCCN(CC)CC)cc1OCC. The van der Waals surface area contributed by atoms with Crippen LogP contribution in [-0.2, 0) is 9.59 Å². The van der Waals surface area contributed by atoms with E-state index in [1.165, 1.54) is 12.4 Å². The fraction of sp³-hybridized carbons (Fsp3) is 0.393. The molecule has 1 saturated heterocycles. The van der Waals surface area contributed by atoms with Crippen molar-refractivity contribution in [2.45, 2.75) is 33.2 Å². The number of amides is 1. The van der Waals surface area contributed by atoms with Gasteiger partial charge < -0.3 is 24.4 Å². The van der Waals surface area contributed by atoms with Crippen molar-refractivity contribution < 1.29 is 24.2 Å². The topological polar surface area (TPSA) is 92.2 Å². The number of ketones is 1. The van der Waals surface area contributed by atoms with Crippen molar-refractivity contribution in [3.05, 3.63) is 72.1 Å². The maximum Gasteiger partial charge on any atom is 0.295 e. The summed E-state index contributed by atoms with van der Waals surface area (Å²) >= 11 is 0. The monoisotopic (exact) mass is 493 g/mol. The average molecular weight is 494 g/mol. The van der Waals surface area contributed by atoms with E-state index >= 15 is 0 Å². The van der Waals surface area contributed by atoms with Crippen molar-refractivity contribution in [1.82, 2.24) is 14.8 Å². The molecule has 1 atom stereocenters. The lowest BCUT2D eigenvalue weighted by Gasteiger charge is -2.27. The van der Waals surface area contributed by atoms with Gasteiger partial charge >= 0.3 is 0 Å². The first-order chi connectivity index (χ1) is 17.5. The highest BCUT2D eigenvalue weighted by atomic mass is 16.5. The number of benzene rings is 1. The van der Waals surface area contributed by atoms with Crippen molar-refractivity contribution in [3.63, 3.8) is 0 Å². The van der Waals surface area contributed by atoms with Gasteiger partial charge in [0.1, 0.15) is 12.4 Å². The van der Waals surface area contributed by atoms with Crippen LogP contribution >= 0.6 is 0 Å². The van der Waals surface area contributed by atoms with Crippen LogP contribution in [0.3, 0.4) is 0 Å². The van der Waals surface area contributed by atoms with E-state index in [0.29, 0.717) is 48.8 Å². The summed E-state index contributed by atoms with van der Waals surface area (Å²) in [5, 5.41) is 11.2. The van der Waals surface area contributed by atoms with Gasteiger partial charge in [-0.2, -0.15) is 0 Å². The van der Waals surface area contributed by atoms with Crippen LogP contribution in [0.4, 0.5) is 0 Å². The molecule has 0 spiro atoms. The maximum atomic E-state index is 13.2. The van der Waals surface area contributed by atoms with Crippen molar-refractivity contribution >= 4 is 17.4 Å². The first-order valence-corrected chi connectivity index (χ1v) is 12.4. The Bertz CT molecular complexity index is 1100. The molecule has 3 rings (SSSR count). The van der Waals surface area contributed by atoms with Crippen LogP contribution in [0.15, 0.2) is 61.0 Å². The number of carbonyl (C=O) groups excluding carboxylic acids is 2. The second-order valence-electron chi connectivity index (χ2n) is 8.35. The molecule has 2 heterocycles. The molecule has 1 aromatic heterocycles. The third-order valence-electron chi connectivity index (χ3n) is 6.20. The maximum absolute atomic E-state index is 13.2. The summed E-state index contributed by atoms with van der Waals surface area (Å²) in [4.78, 5) is 34.2. The van der Waals surface area contributed by atoms with Gasteiger partial charge in [0.25, 0.3) is 11.7 Å². The highest BCUT2D eigenvalue weighted by Crippen LogP contribution is 2.42. The van der Waals surface area contributed by atoms with E-state index in [1.807, 2.05) is 6.92 Å². The number of aromatic nitrogens is 1. The minimum atomic E-state index is -0.762. The lowest BCUT2D eigenvalue weighted by Crippen LogP contribution is -2.33. The van der Waals surface area contributed by atoms with Crippen LogP contribution in [-0.4, -0.2) is 71.0 Å². The molecular weight excluding hydrogens is 458 g/mol. The first kappa shape index (κ1) is 26.9. The normalized spacial score (nSPS) is 17.0. The number of hydrogen-bond donors (Lipinski definition) is 1. The van der Waals surface area contributed by atoms with E-state index < -0.39 is 17.7 Å². The number of rotatable bonds is 13. The summed E-state index contributed by atoms with van der Waals surface area (Å²) in [6.07, 6.45) is 5.40. The number of aliphatic hydroxyl groups excluding tert-OH is 1. The van der Waals surface area contributed by atoms with Crippen LogP contribution < -0.4 is 9.47 Å². The van der Waals surface area contributed by atoms with Crippen LogP contribution in [0.1, 0.15) is 44.4 Å². The summed E-state index contributed by atoms with van der Waals surface area (Å²) in [7, 11) is 0. The van der Waals surface area contributed by atoms with Gasteiger partial charge in [0.05, 0.1) is 18.2 Å². The lowest BCUT2D eigenvalue weighted by atomic mass is 9.95. The van der Waals surface area contributed by atoms with Gasteiger partial charge in [0.15, 0.2) is 11.5 Å². The minimum Gasteiger partial charge on any atom is -0.507 e. The summed E-state index contributed by atoms with van der Waals surface area (Å²) in [6.45, 7) is 13.4. The average Bonchev–Trinajstić information content (AvgIpc) is 3.15. The fourth-order valence-electron chi connectivity index (χ4n) is 4.36. The molecule has 1 N–H and O–H groups in total. The molecule has 1 aliphatic rings. The van der Waals surface area contributed by atoms with Crippen LogP contribution in [0.5, 0.6) is 11.5 Å². The third kappa shape index (κ3) is 5.94. The van der Waals surface area contributed by atoms with Crippen molar-refractivity contribution in [1.29, 1.82) is 0 Å². The Kier molecular flexibility index (Phi) is 9.64. The predicted octanol–water partition coefficient (Wildman–Crippen LogP) is 4.20. The zero-order valence-corrected chi connectivity index (χ0v) is 21.3. The number of ether oxygens (including phenoxy) is 2. The zero-order valence-electron chi connectivity index (χ0n) is 21.3. The molecule has 0 aliphatic carbocycles. The Balaban J connectivity index is 2.08. The van der Waals surface area contributed by atoms with Crippen LogP contribution in [0, 0.1) is 0 Å². The molecule has 1 aliphatic heterocycles. The Morgan fingerprint density at radius 1 is 1.11 bits per heavy atom. The Labute approximate surface area is 212 Å². The molecule has 1 fully saturated rings. The number of aliphatic hydroxyl groups is 1. The summed E-state index contributed by atoms with van der Waals surface area (Å²) in [5.41, 5.74) is 1.13.